The fraction of sp³-hybridized carbons (Fsp3) is 0.679. The SMILES string of the molecule is Cc1ccc(S(=O)(=O)O[C@@H]2[C@@H](OC(=O)C(C)(C)C)[C@H](F)O[C@@H]2[C@@H](COC(=O)C(C)(C)C)OC(=O)C(C)(C)C)cc1. The van der Waals surface area contributed by atoms with Crippen LogP contribution in [0.4, 0.5) is 4.39 Å². The molecule has 1 aliphatic heterocycles. The quantitative estimate of drug-likeness (QED) is 0.246. The standard InChI is InChI=1S/C28H41FO10S/c1-16-11-13-17(14-12-16)40(33,34)39-20-19(37-22(29)21(20)38-25(32)28(8,9)10)18(36-24(31)27(5,6)7)15-35-23(30)26(2,3)4/h11-14,18-22H,15H2,1-10H3/t18-,19-,20+,21-,22-/m1/s1. The van der Waals surface area contributed by atoms with Crippen molar-refractivity contribution < 1.29 is 50.3 Å². The summed E-state index contributed by atoms with van der Waals surface area (Å²) in [5.41, 5.74) is -2.23. The summed E-state index contributed by atoms with van der Waals surface area (Å²) in [6.07, 6.45) is -9.12. The van der Waals surface area contributed by atoms with Crippen molar-refractivity contribution in [1.82, 2.24) is 0 Å². The van der Waals surface area contributed by atoms with Gasteiger partial charge in [-0.2, -0.15) is 8.42 Å². The summed E-state index contributed by atoms with van der Waals surface area (Å²) in [5.74, 6) is -2.24. The first-order chi connectivity index (χ1) is 18.0. The molecule has 5 atom stereocenters. The zero-order valence-corrected chi connectivity index (χ0v) is 25.6. The molecule has 40 heavy (non-hydrogen) atoms. The maximum atomic E-state index is 15.4. The van der Waals surface area contributed by atoms with Gasteiger partial charge >= 0.3 is 17.9 Å². The Balaban J connectivity index is 2.54. The minimum absolute atomic E-state index is 0.234. The van der Waals surface area contributed by atoms with Crippen LogP contribution in [0, 0.1) is 23.2 Å². The van der Waals surface area contributed by atoms with Crippen molar-refractivity contribution in [3.05, 3.63) is 29.8 Å². The minimum atomic E-state index is -4.55. The molecule has 1 aromatic carbocycles. The Kier molecular flexibility index (Phi) is 10.2. The fourth-order valence-electron chi connectivity index (χ4n) is 3.26. The maximum absolute atomic E-state index is 15.4. The number of esters is 3. The Morgan fingerprint density at radius 2 is 1.35 bits per heavy atom. The van der Waals surface area contributed by atoms with Gasteiger partial charge in [0.15, 0.2) is 12.2 Å². The Morgan fingerprint density at radius 3 is 1.82 bits per heavy atom. The van der Waals surface area contributed by atoms with E-state index in [1.165, 1.54) is 32.9 Å². The summed E-state index contributed by atoms with van der Waals surface area (Å²) in [5, 5.41) is 0. The molecule has 0 aliphatic carbocycles. The van der Waals surface area contributed by atoms with Gasteiger partial charge in [0.25, 0.3) is 10.1 Å². The third kappa shape index (κ3) is 8.71. The van der Waals surface area contributed by atoms with E-state index in [2.05, 4.69) is 0 Å². The van der Waals surface area contributed by atoms with Crippen LogP contribution >= 0.6 is 0 Å². The van der Waals surface area contributed by atoms with E-state index in [1.807, 2.05) is 0 Å². The summed E-state index contributed by atoms with van der Waals surface area (Å²) in [7, 11) is -4.55. The van der Waals surface area contributed by atoms with Gasteiger partial charge < -0.3 is 18.9 Å². The minimum Gasteiger partial charge on any atom is -0.461 e. The summed E-state index contributed by atoms with van der Waals surface area (Å²) < 4.78 is 69.0. The molecule has 1 heterocycles. The second-order valence-electron chi connectivity index (χ2n) is 12.9. The van der Waals surface area contributed by atoms with Crippen LogP contribution in [0.3, 0.4) is 0 Å². The number of halogens is 1. The molecule has 1 saturated heterocycles. The first kappa shape index (κ1) is 33.6. The van der Waals surface area contributed by atoms with E-state index in [0.717, 1.165) is 5.56 Å². The molecule has 1 fully saturated rings. The highest BCUT2D eigenvalue weighted by atomic mass is 32.2. The van der Waals surface area contributed by atoms with Crippen LogP contribution in [0.25, 0.3) is 0 Å². The normalized spacial score (nSPS) is 22.9. The highest BCUT2D eigenvalue weighted by Gasteiger charge is 2.55. The van der Waals surface area contributed by atoms with Crippen molar-refractivity contribution in [2.75, 3.05) is 6.61 Å². The molecule has 0 unspecified atom stereocenters. The van der Waals surface area contributed by atoms with Crippen LogP contribution in [-0.4, -0.2) is 63.7 Å². The predicted molar refractivity (Wildman–Crippen MR) is 142 cm³/mol. The number of alkyl halides is 1. The van der Waals surface area contributed by atoms with E-state index in [0.29, 0.717) is 0 Å². The molecule has 226 valence electrons. The van der Waals surface area contributed by atoms with Crippen LogP contribution in [-0.2, 0) is 47.6 Å². The fourth-order valence-corrected chi connectivity index (χ4v) is 4.35. The zero-order valence-electron chi connectivity index (χ0n) is 24.8. The second kappa shape index (κ2) is 12.1. The Labute approximate surface area is 236 Å². The summed E-state index contributed by atoms with van der Waals surface area (Å²) in [4.78, 5) is 37.8. The van der Waals surface area contributed by atoms with Gasteiger partial charge in [0.1, 0.15) is 18.8 Å². The highest BCUT2D eigenvalue weighted by molar-refractivity contribution is 7.86. The molecule has 1 aromatic rings. The van der Waals surface area contributed by atoms with E-state index in [1.54, 1.807) is 60.6 Å². The highest BCUT2D eigenvalue weighted by Crippen LogP contribution is 2.35. The number of carbonyl (C=O) groups is 3. The number of ether oxygens (including phenoxy) is 4. The van der Waals surface area contributed by atoms with E-state index in [4.69, 9.17) is 23.1 Å². The third-order valence-corrected chi connectivity index (χ3v) is 7.15. The summed E-state index contributed by atoms with van der Waals surface area (Å²) in [6.45, 7) is 15.3. The van der Waals surface area contributed by atoms with E-state index in [9.17, 15) is 22.8 Å². The van der Waals surface area contributed by atoms with E-state index < -0.39 is 81.7 Å². The molecule has 2 rings (SSSR count). The van der Waals surface area contributed by atoms with Crippen molar-refractivity contribution in [2.45, 2.75) is 105 Å². The molecule has 0 spiro atoms. The van der Waals surface area contributed by atoms with Crippen LogP contribution in [0.2, 0.25) is 0 Å². The molecule has 0 radical (unpaired) electrons. The second-order valence-corrected chi connectivity index (χ2v) is 14.5. The molecule has 0 N–H and O–H groups in total. The zero-order chi connectivity index (χ0) is 30.8. The topological polar surface area (TPSA) is 132 Å². The van der Waals surface area contributed by atoms with Gasteiger partial charge in [-0.25, -0.2) is 4.39 Å². The third-order valence-electron chi connectivity index (χ3n) is 5.82. The molecule has 0 amide bonds. The molecule has 1 aliphatic rings. The van der Waals surface area contributed by atoms with Gasteiger partial charge in [0.05, 0.1) is 21.1 Å². The van der Waals surface area contributed by atoms with Crippen molar-refractivity contribution in [3.63, 3.8) is 0 Å². The van der Waals surface area contributed by atoms with Crippen molar-refractivity contribution >= 4 is 28.0 Å². The lowest BCUT2D eigenvalue weighted by molar-refractivity contribution is -0.184. The number of rotatable bonds is 8. The van der Waals surface area contributed by atoms with Gasteiger partial charge in [0, 0.05) is 0 Å². The van der Waals surface area contributed by atoms with Gasteiger partial charge in [-0.3, -0.25) is 18.6 Å². The van der Waals surface area contributed by atoms with Crippen LogP contribution in [0.1, 0.15) is 67.9 Å². The van der Waals surface area contributed by atoms with Gasteiger partial charge in [0.2, 0.25) is 6.36 Å². The van der Waals surface area contributed by atoms with Crippen molar-refractivity contribution in [1.29, 1.82) is 0 Å². The van der Waals surface area contributed by atoms with E-state index >= 15 is 4.39 Å². The largest absolute Gasteiger partial charge is 0.461 e. The smallest absolute Gasteiger partial charge is 0.311 e. The molecule has 12 heteroatoms. The van der Waals surface area contributed by atoms with Crippen LogP contribution in [0.5, 0.6) is 0 Å². The first-order valence-electron chi connectivity index (χ1n) is 12.9. The first-order valence-corrected chi connectivity index (χ1v) is 14.3. The Morgan fingerprint density at radius 1 is 0.850 bits per heavy atom. The average molecular weight is 589 g/mol. The number of carbonyl (C=O) groups excluding carboxylic acids is 3. The number of aryl methyl sites for hydroxylation is 1. The summed E-state index contributed by atoms with van der Waals surface area (Å²) in [6, 6.07) is 5.71. The monoisotopic (exact) mass is 588 g/mol. The summed E-state index contributed by atoms with van der Waals surface area (Å²) >= 11 is 0. The number of benzene rings is 1. The molecule has 0 aromatic heterocycles. The Bertz CT molecular complexity index is 1170. The lowest BCUT2D eigenvalue weighted by Gasteiger charge is -2.31. The molecule has 10 nitrogen and oxygen atoms in total. The predicted octanol–water partition coefficient (Wildman–Crippen LogP) is 4.27. The van der Waals surface area contributed by atoms with Crippen LogP contribution < -0.4 is 0 Å². The molecule has 0 bridgehead atoms. The van der Waals surface area contributed by atoms with E-state index in [-0.39, 0.29) is 4.90 Å². The van der Waals surface area contributed by atoms with Crippen molar-refractivity contribution in [2.24, 2.45) is 16.2 Å². The molecule has 0 saturated carbocycles. The van der Waals surface area contributed by atoms with Crippen molar-refractivity contribution in [3.8, 4) is 0 Å². The maximum Gasteiger partial charge on any atom is 0.311 e. The lowest BCUT2D eigenvalue weighted by Crippen LogP contribution is -2.48. The molecular formula is C28H41FO10S. The van der Waals surface area contributed by atoms with Gasteiger partial charge in [-0.1, -0.05) is 17.7 Å². The Hall–Kier alpha value is -2.57. The number of hydrogen-bond donors (Lipinski definition) is 0. The lowest BCUT2D eigenvalue weighted by atomic mass is 9.96. The molecular weight excluding hydrogens is 547 g/mol. The van der Waals surface area contributed by atoms with Crippen LogP contribution in [0.15, 0.2) is 29.2 Å². The average Bonchev–Trinajstić information content (AvgIpc) is 3.08. The van der Waals surface area contributed by atoms with Gasteiger partial charge in [-0.05, 0) is 81.4 Å². The number of hydrogen-bond acceptors (Lipinski definition) is 10. The van der Waals surface area contributed by atoms with Gasteiger partial charge in [-0.15, -0.1) is 0 Å².